The van der Waals surface area contributed by atoms with Crippen molar-refractivity contribution in [3.8, 4) is 0 Å². The van der Waals surface area contributed by atoms with Crippen LogP contribution in [0.25, 0.3) is 0 Å². The van der Waals surface area contributed by atoms with Gasteiger partial charge in [-0.2, -0.15) is 0 Å². The zero-order valence-corrected chi connectivity index (χ0v) is 20.9. The number of nitrogens with one attached hydrogen (secondary N) is 2. The van der Waals surface area contributed by atoms with Crippen molar-refractivity contribution < 1.29 is 64.0 Å². The van der Waals surface area contributed by atoms with Crippen LogP contribution in [0.1, 0.15) is 6.92 Å². The molecule has 0 spiro atoms. The molecule has 0 saturated carbocycles. The number of nitrogens with two attached hydrogens (primary N) is 1. The number of aliphatic hydroxyl groups is 6. The van der Waals surface area contributed by atoms with Crippen molar-refractivity contribution in [3.05, 3.63) is 0 Å². The van der Waals surface area contributed by atoms with Crippen LogP contribution in [0.4, 0.5) is 0 Å². The normalized spacial score (nSPS) is 33.6. The van der Waals surface area contributed by atoms with Gasteiger partial charge in [0.1, 0.15) is 36.6 Å². The SMILES string of the molecule is C[C@@H]1O[C@@H](OCCNC(=O)CN(CC(N)=O)CC(=O)NCCO[C@@H]2OC[C@@H](O)[C@@H](O)[C@@H]2O)[C@@H](O)[C@H](O)[C@@H]1O. The Morgan fingerprint density at radius 2 is 1.34 bits per heavy atom. The highest BCUT2D eigenvalue weighted by atomic mass is 16.7. The van der Waals surface area contributed by atoms with E-state index in [0.717, 1.165) is 0 Å². The van der Waals surface area contributed by atoms with E-state index >= 15 is 0 Å². The number of nitrogens with zero attached hydrogens (tertiary/aromatic N) is 1. The fraction of sp³-hybridized carbons (Fsp3) is 0.857. The molecule has 2 heterocycles. The molecule has 0 aromatic heterocycles. The molecule has 2 aliphatic rings. The summed E-state index contributed by atoms with van der Waals surface area (Å²) in [4.78, 5) is 37.0. The molecule has 0 aromatic carbocycles. The molecule has 10 N–H and O–H groups in total. The summed E-state index contributed by atoms with van der Waals surface area (Å²) >= 11 is 0. The number of carbonyl (C=O) groups is 3. The van der Waals surface area contributed by atoms with E-state index in [0.29, 0.717) is 0 Å². The number of rotatable bonds is 14. The molecule has 3 amide bonds. The van der Waals surface area contributed by atoms with Gasteiger partial charge in [0.25, 0.3) is 0 Å². The topological polar surface area (TPSA) is 263 Å². The second-order valence-corrected chi connectivity index (χ2v) is 8.98. The van der Waals surface area contributed by atoms with E-state index in [1.807, 2.05) is 0 Å². The van der Waals surface area contributed by atoms with Gasteiger partial charge >= 0.3 is 0 Å². The number of aliphatic hydroxyl groups excluding tert-OH is 6. The summed E-state index contributed by atoms with van der Waals surface area (Å²) in [5, 5.41) is 63.2. The van der Waals surface area contributed by atoms with Crippen molar-refractivity contribution in [1.82, 2.24) is 15.5 Å². The number of amides is 3. The molecule has 0 radical (unpaired) electrons. The highest BCUT2D eigenvalue weighted by molar-refractivity contribution is 5.83. The smallest absolute Gasteiger partial charge is 0.234 e. The Balaban J connectivity index is 1.67. The van der Waals surface area contributed by atoms with Gasteiger partial charge in [0.15, 0.2) is 12.6 Å². The Morgan fingerprint density at radius 1 is 0.816 bits per heavy atom. The van der Waals surface area contributed by atoms with E-state index in [4.69, 9.17) is 24.7 Å². The van der Waals surface area contributed by atoms with Gasteiger partial charge < -0.3 is 66.0 Å². The van der Waals surface area contributed by atoms with Crippen LogP contribution in [-0.2, 0) is 33.3 Å². The first-order valence-corrected chi connectivity index (χ1v) is 12.0. The van der Waals surface area contributed by atoms with Crippen LogP contribution in [0.2, 0.25) is 0 Å². The van der Waals surface area contributed by atoms with Crippen molar-refractivity contribution in [2.24, 2.45) is 5.73 Å². The maximum Gasteiger partial charge on any atom is 0.234 e. The van der Waals surface area contributed by atoms with E-state index < -0.39 is 73.0 Å². The second kappa shape index (κ2) is 15.5. The molecule has 0 aliphatic carbocycles. The zero-order chi connectivity index (χ0) is 28.4. The third kappa shape index (κ3) is 9.93. The lowest BCUT2D eigenvalue weighted by Crippen LogP contribution is -2.57. The van der Waals surface area contributed by atoms with E-state index in [1.54, 1.807) is 0 Å². The van der Waals surface area contributed by atoms with Crippen molar-refractivity contribution in [3.63, 3.8) is 0 Å². The Labute approximate surface area is 218 Å². The van der Waals surface area contributed by atoms with Gasteiger partial charge in [0.2, 0.25) is 17.7 Å². The second-order valence-electron chi connectivity index (χ2n) is 8.98. The standard InChI is InChI=1S/C21H38N4O13/c1-10-15(30)17(32)19(34)21(38-10)36-5-3-24-14(29)8-25(6-12(22)27)7-13(28)23-2-4-35-20-18(33)16(31)11(26)9-37-20/h10-11,15-21,26,30-34H,2-9H2,1H3,(H2,22,27)(H,23,28)(H,24,29)/t10-,11+,15+,16+,17+,18-,19-,20+,21+/m0/s1. The number of ether oxygens (including phenoxy) is 4. The van der Waals surface area contributed by atoms with Crippen molar-refractivity contribution in [2.75, 3.05) is 52.5 Å². The molecule has 0 unspecified atom stereocenters. The number of hydrogen-bond donors (Lipinski definition) is 9. The van der Waals surface area contributed by atoms with Crippen LogP contribution >= 0.6 is 0 Å². The van der Waals surface area contributed by atoms with Gasteiger partial charge in [0, 0.05) is 13.1 Å². The third-order valence-electron chi connectivity index (χ3n) is 5.79. The molecule has 0 bridgehead atoms. The molecule has 2 saturated heterocycles. The zero-order valence-electron chi connectivity index (χ0n) is 20.9. The van der Waals surface area contributed by atoms with Crippen LogP contribution in [0.15, 0.2) is 0 Å². The minimum atomic E-state index is -1.48. The van der Waals surface area contributed by atoms with Crippen LogP contribution < -0.4 is 16.4 Å². The van der Waals surface area contributed by atoms with E-state index in [-0.39, 0.29) is 52.5 Å². The summed E-state index contributed by atoms with van der Waals surface area (Å²) < 4.78 is 20.9. The van der Waals surface area contributed by atoms with Crippen molar-refractivity contribution in [1.29, 1.82) is 0 Å². The van der Waals surface area contributed by atoms with Crippen LogP contribution in [0.5, 0.6) is 0 Å². The minimum Gasteiger partial charge on any atom is -0.388 e. The average molecular weight is 555 g/mol. The first-order chi connectivity index (χ1) is 17.9. The Bertz CT molecular complexity index is 777. The predicted molar refractivity (Wildman–Crippen MR) is 124 cm³/mol. The first-order valence-electron chi connectivity index (χ1n) is 12.0. The summed E-state index contributed by atoms with van der Waals surface area (Å²) in [5.74, 6) is -1.87. The third-order valence-corrected chi connectivity index (χ3v) is 5.79. The summed E-state index contributed by atoms with van der Waals surface area (Å²) in [7, 11) is 0. The van der Waals surface area contributed by atoms with E-state index in [2.05, 4.69) is 10.6 Å². The van der Waals surface area contributed by atoms with Crippen molar-refractivity contribution >= 4 is 17.7 Å². The molecule has 0 aromatic rings. The van der Waals surface area contributed by atoms with Gasteiger partial charge in [-0.1, -0.05) is 0 Å². The molecule has 2 rings (SSSR count). The summed E-state index contributed by atoms with van der Waals surface area (Å²) in [6, 6.07) is 0. The minimum absolute atomic E-state index is 0.0164. The first kappa shape index (κ1) is 32.2. The summed E-state index contributed by atoms with van der Waals surface area (Å²) in [6.45, 7) is -0.0354. The molecule has 220 valence electrons. The number of carbonyl (C=O) groups excluding carboxylic acids is 3. The average Bonchev–Trinajstić information content (AvgIpc) is 2.85. The van der Waals surface area contributed by atoms with Crippen LogP contribution in [-0.4, -0.2) is 161 Å². The number of hydrogen-bond acceptors (Lipinski definition) is 14. The summed E-state index contributed by atoms with van der Waals surface area (Å²) in [6.07, 6.45) is -11.5. The van der Waals surface area contributed by atoms with Gasteiger partial charge in [-0.15, -0.1) is 0 Å². The molecular weight excluding hydrogens is 516 g/mol. The molecular formula is C21H38N4O13. The molecule has 17 nitrogen and oxygen atoms in total. The molecule has 17 heteroatoms. The fourth-order valence-corrected chi connectivity index (χ4v) is 3.71. The lowest BCUT2D eigenvalue weighted by atomic mass is 10.0. The maximum absolute atomic E-state index is 12.3. The fourth-order valence-electron chi connectivity index (χ4n) is 3.71. The summed E-state index contributed by atoms with van der Waals surface area (Å²) in [5.41, 5.74) is 5.20. The van der Waals surface area contributed by atoms with E-state index in [9.17, 15) is 45.0 Å². The van der Waals surface area contributed by atoms with E-state index in [1.165, 1.54) is 11.8 Å². The Hall–Kier alpha value is -2.03. The van der Waals surface area contributed by atoms with Gasteiger partial charge in [-0.05, 0) is 6.92 Å². The lowest BCUT2D eigenvalue weighted by Gasteiger charge is -2.38. The monoisotopic (exact) mass is 554 g/mol. The molecule has 9 atom stereocenters. The van der Waals surface area contributed by atoms with Crippen LogP contribution in [0, 0.1) is 0 Å². The quantitative estimate of drug-likeness (QED) is 0.0904. The van der Waals surface area contributed by atoms with Gasteiger partial charge in [-0.25, -0.2) is 0 Å². The Morgan fingerprint density at radius 3 is 1.89 bits per heavy atom. The molecule has 38 heavy (non-hydrogen) atoms. The largest absolute Gasteiger partial charge is 0.388 e. The number of primary amides is 1. The van der Waals surface area contributed by atoms with Gasteiger partial charge in [0.05, 0.1) is 45.6 Å². The predicted octanol–water partition coefficient (Wildman–Crippen LogP) is -6.69. The highest BCUT2D eigenvalue weighted by Crippen LogP contribution is 2.21. The maximum atomic E-state index is 12.3. The molecule has 2 aliphatic heterocycles. The van der Waals surface area contributed by atoms with Gasteiger partial charge in [-0.3, -0.25) is 19.3 Å². The lowest BCUT2D eigenvalue weighted by molar-refractivity contribution is -0.292. The van der Waals surface area contributed by atoms with Crippen molar-refractivity contribution in [2.45, 2.75) is 62.2 Å². The van der Waals surface area contributed by atoms with Crippen LogP contribution in [0.3, 0.4) is 0 Å². The molecule has 2 fully saturated rings. The highest BCUT2D eigenvalue weighted by Gasteiger charge is 2.42. The Kier molecular flexibility index (Phi) is 13.2.